The molecule has 0 saturated heterocycles. The van der Waals surface area contributed by atoms with Crippen LogP contribution in [0.4, 0.5) is 17.1 Å². The van der Waals surface area contributed by atoms with Crippen molar-refractivity contribution in [2.24, 2.45) is 0 Å². The van der Waals surface area contributed by atoms with Gasteiger partial charge in [0.1, 0.15) is 6.33 Å². The Hall–Kier alpha value is -7.50. The summed E-state index contributed by atoms with van der Waals surface area (Å²) >= 11 is 0. The second-order valence-corrected chi connectivity index (χ2v) is 13.9. The van der Waals surface area contributed by atoms with Crippen molar-refractivity contribution in [3.8, 4) is 22.5 Å². The first-order valence-corrected chi connectivity index (χ1v) is 18.6. The largest absolute Gasteiger partial charge is 0.310 e. The van der Waals surface area contributed by atoms with Gasteiger partial charge in [-0.3, -0.25) is 9.55 Å². The average molecular weight is 704 g/mol. The summed E-state index contributed by atoms with van der Waals surface area (Å²) < 4.78 is 4.58. The second-order valence-electron chi connectivity index (χ2n) is 13.9. The smallest absolute Gasteiger partial charge is 0.100 e. The molecule has 55 heavy (non-hydrogen) atoms. The van der Waals surface area contributed by atoms with E-state index in [1.807, 2.05) is 18.7 Å². The maximum Gasteiger partial charge on any atom is 0.100 e. The lowest BCUT2D eigenvalue weighted by Gasteiger charge is -2.25. The Morgan fingerprint density at radius 2 is 1.07 bits per heavy atom. The number of hydrogen-bond acceptors (Lipinski definition) is 3. The molecule has 0 N–H and O–H groups in total. The normalized spacial score (nSPS) is 11.6. The standard InChI is InChI=1S/C50H33N5/c1-3-13-36(14-4-1)54(37-15-5-2-6-16-37)40-26-27-47-45(31-40)46-32-51-29-28-48(46)55(47)38-24-22-34(23-25-38)35-12-11-17-39(30-35)53-33-52-49-43-20-9-7-18-41(43)42-19-8-10-21-44(42)50(49)53/h1-33H. The summed E-state index contributed by atoms with van der Waals surface area (Å²) in [6.07, 6.45) is 5.83. The van der Waals surface area contributed by atoms with Crippen molar-refractivity contribution in [2.45, 2.75) is 0 Å². The predicted molar refractivity (Wildman–Crippen MR) is 228 cm³/mol. The summed E-state index contributed by atoms with van der Waals surface area (Å²) in [5.74, 6) is 0. The third-order valence-electron chi connectivity index (χ3n) is 10.8. The number of rotatable bonds is 6. The fourth-order valence-corrected chi connectivity index (χ4v) is 8.36. The molecule has 0 fully saturated rings. The van der Waals surface area contributed by atoms with Crippen LogP contribution < -0.4 is 4.90 Å². The molecule has 5 nitrogen and oxygen atoms in total. The van der Waals surface area contributed by atoms with E-state index in [0.717, 1.165) is 72.4 Å². The van der Waals surface area contributed by atoms with Crippen molar-refractivity contribution in [2.75, 3.05) is 4.90 Å². The lowest BCUT2D eigenvalue weighted by molar-refractivity contribution is 1.10. The van der Waals surface area contributed by atoms with E-state index in [4.69, 9.17) is 4.98 Å². The highest BCUT2D eigenvalue weighted by atomic mass is 15.1. The van der Waals surface area contributed by atoms with Gasteiger partial charge in [0, 0.05) is 62.4 Å². The van der Waals surface area contributed by atoms with Crippen LogP contribution in [-0.2, 0) is 0 Å². The molecule has 0 aliphatic heterocycles. The van der Waals surface area contributed by atoms with Gasteiger partial charge in [-0.15, -0.1) is 0 Å². The number of nitrogens with zero attached hydrogens (tertiary/aromatic N) is 5. The van der Waals surface area contributed by atoms with Gasteiger partial charge in [-0.2, -0.15) is 0 Å². The van der Waals surface area contributed by atoms with Crippen molar-refractivity contribution in [1.29, 1.82) is 0 Å². The minimum absolute atomic E-state index is 1.02. The second kappa shape index (κ2) is 12.6. The van der Waals surface area contributed by atoms with Crippen LogP contribution in [0.3, 0.4) is 0 Å². The van der Waals surface area contributed by atoms with Crippen LogP contribution >= 0.6 is 0 Å². The maximum atomic E-state index is 4.96. The Kier molecular flexibility index (Phi) is 7.10. The van der Waals surface area contributed by atoms with E-state index in [1.54, 1.807) is 0 Å². The summed E-state index contributed by atoms with van der Waals surface area (Å²) in [4.78, 5) is 11.8. The van der Waals surface area contributed by atoms with Gasteiger partial charge in [0.05, 0.1) is 22.1 Å². The van der Waals surface area contributed by atoms with E-state index in [-0.39, 0.29) is 0 Å². The zero-order valence-corrected chi connectivity index (χ0v) is 29.8. The van der Waals surface area contributed by atoms with Crippen LogP contribution in [0.5, 0.6) is 0 Å². The topological polar surface area (TPSA) is 38.9 Å². The number of para-hydroxylation sites is 2. The predicted octanol–water partition coefficient (Wildman–Crippen LogP) is 13.0. The monoisotopic (exact) mass is 703 g/mol. The van der Waals surface area contributed by atoms with E-state index in [2.05, 4.69) is 201 Å². The Balaban J connectivity index is 0.997. The zero-order valence-electron chi connectivity index (χ0n) is 29.8. The molecule has 11 aromatic rings. The average Bonchev–Trinajstić information content (AvgIpc) is 3.85. The van der Waals surface area contributed by atoms with Gasteiger partial charge < -0.3 is 9.47 Å². The zero-order chi connectivity index (χ0) is 36.3. The minimum Gasteiger partial charge on any atom is -0.310 e. The third-order valence-corrected chi connectivity index (χ3v) is 10.8. The first-order chi connectivity index (χ1) is 27.3. The fraction of sp³-hybridized carbons (Fsp3) is 0. The fourth-order valence-electron chi connectivity index (χ4n) is 8.36. The quantitative estimate of drug-likeness (QED) is 0.162. The van der Waals surface area contributed by atoms with Crippen molar-refractivity contribution in [3.05, 3.63) is 201 Å². The van der Waals surface area contributed by atoms with Crippen molar-refractivity contribution >= 4 is 71.4 Å². The number of imidazole rings is 1. The van der Waals surface area contributed by atoms with Crippen LogP contribution in [0.1, 0.15) is 0 Å². The summed E-state index contributed by atoms with van der Waals surface area (Å²) in [6.45, 7) is 0. The van der Waals surface area contributed by atoms with Gasteiger partial charge in [-0.25, -0.2) is 4.98 Å². The molecule has 3 heterocycles. The summed E-state index contributed by atoms with van der Waals surface area (Å²) in [7, 11) is 0. The molecule has 11 rings (SSSR count). The van der Waals surface area contributed by atoms with E-state index >= 15 is 0 Å². The van der Waals surface area contributed by atoms with E-state index in [1.165, 1.54) is 21.5 Å². The first kappa shape index (κ1) is 31.1. The maximum absolute atomic E-state index is 4.96. The summed E-state index contributed by atoms with van der Waals surface area (Å²) in [5.41, 5.74) is 12.2. The molecule has 0 aliphatic rings. The Labute approximate surface area is 317 Å². The summed E-state index contributed by atoms with van der Waals surface area (Å²) in [6, 6.07) is 64.8. The summed E-state index contributed by atoms with van der Waals surface area (Å²) in [5, 5.41) is 7.10. The number of benzene rings is 8. The number of aromatic nitrogens is 4. The van der Waals surface area contributed by atoms with Crippen molar-refractivity contribution < 1.29 is 0 Å². The molecule has 0 atom stereocenters. The van der Waals surface area contributed by atoms with Crippen LogP contribution in [0.2, 0.25) is 0 Å². The van der Waals surface area contributed by atoms with Gasteiger partial charge in [0.15, 0.2) is 0 Å². The number of fused-ring (bicyclic) bond motifs is 9. The van der Waals surface area contributed by atoms with E-state index in [0.29, 0.717) is 0 Å². The van der Waals surface area contributed by atoms with E-state index in [9.17, 15) is 0 Å². The minimum atomic E-state index is 1.02. The molecule has 0 spiro atoms. The SMILES string of the molecule is c1ccc(N(c2ccccc2)c2ccc3c(c2)c2cnccc2n3-c2ccc(-c3cccc(-n4cnc5c6ccccc6c6ccccc6c54)c3)cc2)cc1. The molecular weight excluding hydrogens is 671 g/mol. The van der Waals surface area contributed by atoms with Gasteiger partial charge >= 0.3 is 0 Å². The number of pyridine rings is 1. The molecule has 0 unspecified atom stereocenters. The van der Waals surface area contributed by atoms with Gasteiger partial charge in [-0.05, 0) is 94.7 Å². The van der Waals surface area contributed by atoms with E-state index < -0.39 is 0 Å². The Morgan fingerprint density at radius 1 is 0.418 bits per heavy atom. The number of hydrogen-bond donors (Lipinski definition) is 0. The van der Waals surface area contributed by atoms with Crippen LogP contribution in [0.25, 0.3) is 76.9 Å². The molecule has 258 valence electrons. The number of anilines is 3. The van der Waals surface area contributed by atoms with Crippen LogP contribution in [0.15, 0.2) is 201 Å². The molecular formula is C50H33N5. The Bertz CT molecular complexity index is 3160. The van der Waals surface area contributed by atoms with Crippen molar-refractivity contribution in [3.63, 3.8) is 0 Å². The van der Waals surface area contributed by atoms with Crippen molar-refractivity contribution in [1.82, 2.24) is 19.1 Å². The molecule has 0 amide bonds. The molecule has 0 saturated carbocycles. The van der Waals surface area contributed by atoms with Crippen LogP contribution in [-0.4, -0.2) is 19.1 Å². The molecule has 3 aromatic heterocycles. The van der Waals surface area contributed by atoms with Gasteiger partial charge in [-0.1, -0.05) is 109 Å². The highest BCUT2D eigenvalue weighted by Crippen LogP contribution is 2.40. The Morgan fingerprint density at radius 3 is 1.82 bits per heavy atom. The molecule has 0 radical (unpaired) electrons. The molecule has 0 bridgehead atoms. The lowest BCUT2D eigenvalue weighted by Crippen LogP contribution is -2.09. The molecule has 5 heteroatoms. The highest BCUT2D eigenvalue weighted by molar-refractivity contribution is 6.23. The van der Waals surface area contributed by atoms with Crippen LogP contribution in [0, 0.1) is 0 Å². The lowest BCUT2D eigenvalue weighted by atomic mass is 9.99. The molecule has 0 aliphatic carbocycles. The molecule has 8 aromatic carbocycles. The van der Waals surface area contributed by atoms with Gasteiger partial charge in [0.25, 0.3) is 0 Å². The third kappa shape index (κ3) is 5.02. The van der Waals surface area contributed by atoms with Gasteiger partial charge in [0.2, 0.25) is 0 Å². The highest BCUT2D eigenvalue weighted by Gasteiger charge is 2.18. The first-order valence-electron chi connectivity index (χ1n) is 18.6.